The van der Waals surface area contributed by atoms with E-state index in [1.165, 1.54) is 5.69 Å². The van der Waals surface area contributed by atoms with Gasteiger partial charge in [-0.25, -0.2) is 9.97 Å². The maximum absolute atomic E-state index is 5.64. The Morgan fingerprint density at radius 3 is 2.61 bits per heavy atom. The van der Waals surface area contributed by atoms with Crippen molar-refractivity contribution in [3.8, 4) is 28.3 Å². The Bertz CT molecular complexity index is 1400. The van der Waals surface area contributed by atoms with E-state index in [9.17, 15) is 0 Å². The minimum Gasteiger partial charge on any atom is -0.496 e. The minimum absolute atomic E-state index is 0.364. The van der Waals surface area contributed by atoms with Crippen molar-refractivity contribution in [1.29, 1.82) is 0 Å². The van der Waals surface area contributed by atoms with Gasteiger partial charge in [0.2, 0.25) is 0 Å². The van der Waals surface area contributed by atoms with Crippen LogP contribution in [0, 0.1) is 6.92 Å². The number of aromatic nitrogens is 4. The van der Waals surface area contributed by atoms with Crippen molar-refractivity contribution in [3.63, 3.8) is 0 Å². The van der Waals surface area contributed by atoms with E-state index < -0.39 is 0 Å². The van der Waals surface area contributed by atoms with E-state index in [0.29, 0.717) is 11.6 Å². The molecule has 166 valence electrons. The number of nitrogens with one attached hydrogen (secondary N) is 1. The molecule has 33 heavy (non-hydrogen) atoms. The SMILES string of the molecule is COc1cccc2c1cc(C)n2CCNc1cc(-c2ccc(-c3cc(N)no3)cc2)ncn1. The molecular weight excluding hydrogens is 416 g/mol. The molecule has 0 aliphatic heterocycles. The summed E-state index contributed by atoms with van der Waals surface area (Å²) in [6.07, 6.45) is 1.57. The zero-order valence-electron chi connectivity index (χ0n) is 18.4. The van der Waals surface area contributed by atoms with Crippen LogP contribution in [0.5, 0.6) is 5.75 Å². The Morgan fingerprint density at radius 2 is 1.85 bits per heavy atom. The van der Waals surface area contributed by atoms with E-state index in [-0.39, 0.29) is 0 Å². The number of methoxy groups -OCH3 is 1. The predicted molar refractivity (Wildman–Crippen MR) is 129 cm³/mol. The average molecular weight is 441 g/mol. The van der Waals surface area contributed by atoms with Crippen molar-refractivity contribution in [2.24, 2.45) is 0 Å². The van der Waals surface area contributed by atoms with Gasteiger partial charge in [-0.2, -0.15) is 0 Å². The van der Waals surface area contributed by atoms with E-state index in [0.717, 1.165) is 52.4 Å². The van der Waals surface area contributed by atoms with Crippen LogP contribution in [0.15, 0.2) is 71.5 Å². The smallest absolute Gasteiger partial charge is 0.169 e. The minimum atomic E-state index is 0.364. The standard InChI is InChI=1S/C25H24N6O2/c1-16-12-19-21(4-3-5-22(19)32-2)31(16)11-10-27-25-13-20(28-15-29-25)17-6-8-18(9-7-17)23-14-24(26)30-33-23/h3-9,12-15H,10-11H2,1-2H3,(H2,26,30)(H,27,28,29). The Kier molecular flexibility index (Phi) is 5.40. The largest absolute Gasteiger partial charge is 0.496 e. The van der Waals surface area contributed by atoms with Gasteiger partial charge in [0.05, 0.1) is 18.3 Å². The molecule has 0 aliphatic carbocycles. The summed E-state index contributed by atoms with van der Waals surface area (Å²) in [5.41, 5.74) is 10.7. The van der Waals surface area contributed by atoms with Gasteiger partial charge in [-0.15, -0.1) is 0 Å². The Hall–Kier alpha value is -4.33. The van der Waals surface area contributed by atoms with E-state index in [1.807, 2.05) is 42.5 Å². The summed E-state index contributed by atoms with van der Waals surface area (Å²) >= 11 is 0. The number of fused-ring (bicyclic) bond motifs is 1. The number of aryl methyl sites for hydroxylation is 1. The first-order chi connectivity index (χ1) is 16.1. The highest BCUT2D eigenvalue weighted by atomic mass is 16.5. The molecule has 0 atom stereocenters. The fourth-order valence-corrected chi connectivity index (χ4v) is 4.00. The number of hydrogen-bond acceptors (Lipinski definition) is 7. The van der Waals surface area contributed by atoms with Crippen LogP contribution in [0.1, 0.15) is 5.69 Å². The lowest BCUT2D eigenvalue weighted by molar-refractivity contribution is 0.420. The summed E-state index contributed by atoms with van der Waals surface area (Å²) < 4.78 is 13.0. The van der Waals surface area contributed by atoms with Crippen molar-refractivity contribution >= 4 is 22.5 Å². The summed E-state index contributed by atoms with van der Waals surface area (Å²) in [6, 6.07) is 19.8. The summed E-state index contributed by atoms with van der Waals surface area (Å²) in [7, 11) is 1.70. The van der Waals surface area contributed by atoms with Crippen molar-refractivity contribution in [2.75, 3.05) is 24.7 Å². The van der Waals surface area contributed by atoms with Crippen LogP contribution in [0.3, 0.4) is 0 Å². The van der Waals surface area contributed by atoms with Crippen LogP contribution < -0.4 is 15.8 Å². The highest BCUT2D eigenvalue weighted by molar-refractivity contribution is 5.87. The molecule has 0 unspecified atom stereocenters. The highest BCUT2D eigenvalue weighted by Gasteiger charge is 2.10. The molecule has 0 saturated heterocycles. The van der Waals surface area contributed by atoms with Crippen LogP contribution in [0.2, 0.25) is 0 Å². The second kappa shape index (κ2) is 8.66. The zero-order valence-corrected chi connectivity index (χ0v) is 18.4. The molecule has 2 aromatic carbocycles. The second-order valence-corrected chi connectivity index (χ2v) is 7.74. The fourth-order valence-electron chi connectivity index (χ4n) is 4.00. The van der Waals surface area contributed by atoms with Gasteiger partial charge < -0.3 is 24.9 Å². The molecule has 0 fully saturated rings. The molecule has 8 heteroatoms. The van der Waals surface area contributed by atoms with Crippen molar-refractivity contribution in [1.82, 2.24) is 19.7 Å². The maximum atomic E-state index is 5.64. The molecule has 3 heterocycles. The van der Waals surface area contributed by atoms with Crippen LogP contribution in [0.4, 0.5) is 11.6 Å². The highest BCUT2D eigenvalue weighted by Crippen LogP contribution is 2.29. The molecule has 0 saturated carbocycles. The molecule has 3 N–H and O–H groups in total. The summed E-state index contributed by atoms with van der Waals surface area (Å²) in [4.78, 5) is 8.80. The van der Waals surface area contributed by atoms with E-state index >= 15 is 0 Å². The monoisotopic (exact) mass is 440 g/mol. The molecule has 5 rings (SSSR count). The van der Waals surface area contributed by atoms with Crippen molar-refractivity contribution < 1.29 is 9.26 Å². The maximum Gasteiger partial charge on any atom is 0.169 e. The van der Waals surface area contributed by atoms with Gasteiger partial charge in [0, 0.05) is 47.4 Å². The molecular formula is C25H24N6O2. The van der Waals surface area contributed by atoms with Gasteiger partial charge in [-0.3, -0.25) is 0 Å². The van der Waals surface area contributed by atoms with Gasteiger partial charge in [-0.05, 0) is 25.1 Å². The lowest BCUT2D eigenvalue weighted by Gasteiger charge is -2.11. The Balaban J connectivity index is 1.29. The first-order valence-corrected chi connectivity index (χ1v) is 10.6. The summed E-state index contributed by atoms with van der Waals surface area (Å²) in [5, 5.41) is 8.27. The zero-order chi connectivity index (χ0) is 22.8. The van der Waals surface area contributed by atoms with Gasteiger partial charge >= 0.3 is 0 Å². The van der Waals surface area contributed by atoms with Crippen LogP contribution in [0.25, 0.3) is 33.5 Å². The molecule has 0 radical (unpaired) electrons. The lowest BCUT2D eigenvalue weighted by atomic mass is 10.1. The van der Waals surface area contributed by atoms with Crippen molar-refractivity contribution in [3.05, 3.63) is 72.7 Å². The average Bonchev–Trinajstić information content (AvgIpc) is 3.42. The van der Waals surface area contributed by atoms with Gasteiger partial charge in [-0.1, -0.05) is 35.5 Å². The third-order valence-electron chi connectivity index (χ3n) is 5.63. The Morgan fingerprint density at radius 1 is 1.03 bits per heavy atom. The Labute approximate surface area is 191 Å². The van der Waals surface area contributed by atoms with Crippen molar-refractivity contribution in [2.45, 2.75) is 13.5 Å². The number of ether oxygens (including phenoxy) is 1. The second-order valence-electron chi connectivity index (χ2n) is 7.74. The van der Waals surface area contributed by atoms with Gasteiger partial charge in [0.25, 0.3) is 0 Å². The number of hydrogen-bond donors (Lipinski definition) is 2. The topological polar surface area (TPSA) is 104 Å². The van der Waals surface area contributed by atoms with E-state index in [1.54, 1.807) is 19.5 Å². The summed E-state index contributed by atoms with van der Waals surface area (Å²) in [5.74, 6) is 2.66. The number of benzene rings is 2. The molecule has 3 aromatic heterocycles. The summed E-state index contributed by atoms with van der Waals surface area (Å²) in [6.45, 7) is 3.64. The third kappa shape index (κ3) is 4.10. The predicted octanol–water partition coefficient (Wildman–Crippen LogP) is 4.76. The quantitative estimate of drug-likeness (QED) is 0.376. The normalized spacial score (nSPS) is 11.1. The number of anilines is 2. The number of rotatable bonds is 7. The van der Waals surface area contributed by atoms with Gasteiger partial charge in [0.1, 0.15) is 17.9 Å². The molecule has 0 bridgehead atoms. The van der Waals surface area contributed by atoms with Crippen LogP contribution >= 0.6 is 0 Å². The molecule has 5 aromatic rings. The molecule has 0 spiro atoms. The number of nitrogens with two attached hydrogens (primary N) is 1. The van der Waals surface area contributed by atoms with Crippen LogP contribution in [-0.4, -0.2) is 33.3 Å². The molecule has 0 aliphatic rings. The van der Waals surface area contributed by atoms with Crippen LogP contribution in [-0.2, 0) is 6.54 Å². The fraction of sp³-hybridized carbons (Fsp3) is 0.160. The molecule has 8 nitrogen and oxygen atoms in total. The first-order valence-electron chi connectivity index (χ1n) is 10.6. The molecule has 0 amide bonds. The number of nitrogen functional groups attached to an aromatic ring is 1. The lowest BCUT2D eigenvalue weighted by Crippen LogP contribution is -2.12. The third-order valence-corrected chi connectivity index (χ3v) is 5.63. The van der Waals surface area contributed by atoms with E-state index in [2.05, 4.69) is 44.1 Å². The van der Waals surface area contributed by atoms with Gasteiger partial charge in [0.15, 0.2) is 11.6 Å². The number of nitrogens with zero attached hydrogens (tertiary/aromatic N) is 4. The first kappa shape index (κ1) is 20.6. The van der Waals surface area contributed by atoms with E-state index in [4.69, 9.17) is 15.0 Å².